The second-order valence-corrected chi connectivity index (χ2v) is 5.45. The largest absolute Gasteiger partial charge is 0.416 e. The first-order valence-corrected chi connectivity index (χ1v) is 7.31. The molecular formula is C18H16F3NO2. The highest BCUT2D eigenvalue weighted by atomic mass is 19.4. The number of hydrogen-bond acceptors (Lipinski definition) is 3. The minimum absolute atomic E-state index is 0.00270. The molecule has 0 amide bonds. The SMILES string of the molecule is CC(C)/C(=N/OC(=O)c1ccc(C(F)(F)F)cc1)c1ccccc1. The molecule has 2 aromatic carbocycles. The third kappa shape index (κ3) is 4.44. The number of hydrogen-bond donors (Lipinski definition) is 0. The topological polar surface area (TPSA) is 38.7 Å². The van der Waals surface area contributed by atoms with Gasteiger partial charge in [0.25, 0.3) is 0 Å². The lowest BCUT2D eigenvalue weighted by atomic mass is 10.0. The highest BCUT2D eigenvalue weighted by molar-refractivity contribution is 6.02. The lowest BCUT2D eigenvalue weighted by molar-refractivity contribution is -0.137. The maximum Gasteiger partial charge on any atom is 0.416 e. The Kier molecular flexibility index (Phi) is 5.39. The molecule has 0 aliphatic rings. The number of carbonyl (C=O) groups is 1. The normalized spacial score (nSPS) is 12.3. The standard InChI is InChI=1S/C18H16F3NO2/c1-12(2)16(13-6-4-3-5-7-13)22-24-17(23)14-8-10-15(11-9-14)18(19,20)21/h3-12H,1-2H3/b22-16-. The van der Waals surface area contributed by atoms with E-state index < -0.39 is 17.7 Å². The van der Waals surface area contributed by atoms with Gasteiger partial charge in [-0.2, -0.15) is 13.2 Å². The van der Waals surface area contributed by atoms with E-state index >= 15 is 0 Å². The van der Waals surface area contributed by atoms with Gasteiger partial charge in [0, 0.05) is 0 Å². The molecule has 24 heavy (non-hydrogen) atoms. The molecule has 0 radical (unpaired) electrons. The molecule has 0 saturated carbocycles. The lowest BCUT2D eigenvalue weighted by Gasteiger charge is -2.10. The van der Waals surface area contributed by atoms with Crippen molar-refractivity contribution in [3.05, 3.63) is 71.3 Å². The zero-order chi connectivity index (χ0) is 17.7. The van der Waals surface area contributed by atoms with Crippen LogP contribution in [0.25, 0.3) is 0 Å². The monoisotopic (exact) mass is 335 g/mol. The number of alkyl halides is 3. The highest BCUT2D eigenvalue weighted by Gasteiger charge is 2.30. The zero-order valence-corrected chi connectivity index (χ0v) is 13.2. The van der Waals surface area contributed by atoms with Crippen LogP contribution in [0.4, 0.5) is 13.2 Å². The third-order valence-corrected chi connectivity index (χ3v) is 3.29. The van der Waals surface area contributed by atoms with Gasteiger partial charge in [-0.1, -0.05) is 49.3 Å². The smallest absolute Gasteiger partial charge is 0.313 e. The van der Waals surface area contributed by atoms with Crippen molar-refractivity contribution >= 4 is 11.7 Å². The molecule has 0 aliphatic carbocycles. The Balaban J connectivity index is 2.16. The predicted molar refractivity (Wildman–Crippen MR) is 84.7 cm³/mol. The maximum absolute atomic E-state index is 12.5. The van der Waals surface area contributed by atoms with Gasteiger partial charge in [-0.25, -0.2) is 4.79 Å². The third-order valence-electron chi connectivity index (χ3n) is 3.29. The first-order chi connectivity index (χ1) is 11.3. The Morgan fingerprint density at radius 3 is 2.04 bits per heavy atom. The molecule has 0 spiro atoms. The molecule has 0 bridgehead atoms. The molecule has 6 heteroatoms. The van der Waals surface area contributed by atoms with Crippen molar-refractivity contribution in [2.24, 2.45) is 11.1 Å². The fourth-order valence-electron chi connectivity index (χ4n) is 2.04. The van der Waals surface area contributed by atoms with Crippen LogP contribution in [0, 0.1) is 5.92 Å². The number of halogens is 3. The molecule has 0 heterocycles. The van der Waals surface area contributed by atoms with Crippen molar-refractivity contribution < 1.29 is 22.8 Å². The van der Waals surface area contributed by atoms with Gasteiger partial charge in [-0.15, -0.1) is 0 Å². The van der Waals surface area contributed by atoms with Gasteiger partial charge >= 0.3 is 12.1 Å². The molecule has 0 aliphatic heterocycles. The van der Waals surface area contributed by atoms with Gasteiger partial charge in [0.15, 0.2) is 0 Å². The van der Waals surface area contributed by atoms with E-state index in [4.69, 9.17) is 4.84 Å². The van der Waals surface area contributed by atoms with E-state index in [1.54, 1.807) is 0 Å². The molecule has 0 N–H and O–H groups in total. The molecule has 126 valence electrons. The number of oxime groups is 1. The average Bonchev–Trinajstić information content (AvgIpc) is 2.55. The van der Waals surface area contributed by atoms with E-state index in [0.717, 1.165) is 29.8 Å². The van der Waals surface area contributed by atoms with Crippen LogP contribution in [0.5, 0.6) is 0 Å². The summed E-state index contributed by atoms with van der Waals surface area (Å²) < 4.78 is 37.5. The van der Waals surface area contributed by atoms with Crippen molar-refractivity contribution in [3.63, 3.8) is 0 Å². The van der Waals surface area contributed by atoms with Gasteiger partial charge in [0.1, 0.15) is 0 Å². The summed E-state index contributed by atoms with van der Waals surface area (Å²) in [5.41, 5.74) is 0.571. The molecule has 2 rings (SSSR count). The number of rotatable bonds is 4. The maximum atomic E-state index is 12.5. The Bertz CT molecular complexity index is 720. The van der Waals surface area contributed by atoms with Crippen molar-refractivity contribution in [1.82, 2.24) is 0 Å². The summed E-state index contributed by atoms with van der Waals surface area (Å²) in [6, 6.07) is 13.0. The first-order valence-electron chi connectivity index (χ1n) is 7.31. The van der Waals surface area contributed by atoms with E-state index in [-0.39, 0.29) is 11.5 Å². The fraction of sp³-hybridized carbons (Fsp3) is 0.222. The van der Waals surface area contributed by atoms with Crippen molar-refractivity contribution in [3.8, 4) is 0 Å². The first kappa shape index (κ1) is 17.7. The Labute approximate surface area is 137 Å². The highest BCUT2D eigenvalue weighted by Crippen LogP contribution is 2.29. The summed E-state index contributed by atoms with van der Waals surface area (Å²) in [5, 5.41) is 3.89. The number of benzene rings is 2. The molecule has 0 saturated heterocycles. The summed E-state index contributed by atoms with van der Waals surface area (Å²) in [5.74, 6) is -0.800. The second-order valence-electron chi connectivity index (χ2n) is 5.45. The Morgan fingerprint density at radius 2 is 1.54 bits per heavy atom. The van der Waals surface area contributed by atoms with Crippen molar-refractivity contribution in [2.75, 3.05) is 0 Å². The van der Waals surface area contributed by atoms with E-state index in [9.17, 15) is 18.0 Å². The number of carbonyl (C=O) groups excluding carboxylic acids is 1. The molecule has 0 atom stereocenters. The molecule has 0 fully saturated rings. The quantitative estimate of drug-likeness (QED) is 0.452. The van der Waals surface area contributed by atoms with Crippen LogP contribution in [0.3, 0.4) is 0 Å². The molecule has 2 aromatic rings. The molecule has 0 aromatic heterocycles. The van der Waals surface area contributed by atoms with Crippen LogP contribution in [-0.2, 0) is 11.0 Å². The van der Waals surface area contributed by atoms with Gasteiger partial charge in [0.2, 0.25) is 0 Å². The fourth-order valence-corrected chi connectivity index (χ4v) is 2.04. The lowest BCUT2D eigenvalue weighted by Crippen LogP contribution is -2.12. The summed E-state index contributed by atoms with van der Waals surface area (Å²) >= 11 is 0. The molecule has 3 nitrogen and oxygen atoms in total. The minimum Gasteiger partial charge on any atom is -0.313 e. The molecule has 0 unspecified atom stereocenters. The summed E-state index contributed by atoms with van der Waals surface area (Å²) in [6.07, 6.45) is -4.45. The van der Waals surface area contributed by atoms with Crippen LogP contribution in [0.2, 0.25) is 0 Å². The van der Waals surface area contributed by atoms with Crippen molar-refractivity contribution in [2.45, 2.75) is 20.0 Å². The van der Waals surface area contributed by atoms with Crippen LogP contribution in [-0.4, -0.2) is 11.7 Å². The van der Waals surface area contributed by atoms with E-state index in [1.165, 1.54) is 0 Å². The summed E-state index contributed by atoms with van der Waals surface area (Å²) in [6.45, 7) is 3.80. The summed E-state index contributed by atoms with van der Waals surface area (Å²) in [4.78, 5) is 16.9. The second kappa shape index (κ2) is 7.29. The van der Waals surface area contributed by atoms with Crippen LogP contribution in [0.1, 0.15) is 35.3 Å². The minimum atomic E-state index is -4.45. The van der Waals surface area contributed by atoms with Gasteiger partial charge in [-0.3, -0.25) is 0 Å². The number of nitrogens with zero attached hydrogens (tertiary/aromatic N) is 1. The predicted octanol–water partition coefficient (Wildman–Crippen LogP) is 4.92. The van der Waals surface area contributed by atoms with E-state index in [2.05, 4.69) is 5.16 Å². The Hall–Kier alpha value is -2.63. The van der Waals surface area contributed by atoms with Gasteiger partial charge in [-0.05, 0) is 35.7 Å². The van der Waals surface area contributed by atoms with Crippen molar-refractivity contribution in [1.29, 1.82) is 0 Å². The van der Waals surface area contributed by atoms with E-state index in [1.807, 2.05) is 44.2 Å². The summed E-state index contributed by atoms with van der Waals surface area (Å²) in [7, 11) is 0. The zero-order valence-electron chi connectivity index (χ0n) is 13.2. The average molecular weight is 335 g/mol. The van der Waals surface area contributed by atoms with Crippen LogP contribution in [0.15, 0.2) is 59.8 Å². The van der Waals surface area contributed by atoms with E-state index in [0.29, 0.717) is 5.71 Å². The van der Waals surface area contributed by atoms with Crippen LogP contribution >= 0.6 is 0 Å². The van der Waals surface area contributed by atoms with Crippen LogP contribution < -0.4 is 0 Å². The Morgan fingerprint density at radius 1 is 0.958 bits per heavy atom. The van der Waals surface area contributed by atoms with Gasteiger partial charge in [0.05, 0.1) is 16.8 Å². The van der Waals surface area contributed by atoms with Gasteiger partial charge < -0.3 is 4.84 Å². The molecular weight excluding hydrogens is 319 g/mol.